The molecule has 1 amide bonds. The van der Waals surface area contributed by atoms with E-state index in [1.807, 2.05) is 6.07 Å². The lowest BCUT2D eigenvalue weighted by Gasteiger charge is -2.40. The van der Waals surface area contributed by atoms with Gasteiger partial charge in [-0.1, -0.05) is 24.3 Å². The molecule has 1 aromatic carbocycles. The van der Waals surface area contributed by atoms with Crippen molar-refractivity contribution in [3.05, 3.63) is 35.4 Å². The molecule has 0 bridgehead atoms. The van der Waals surface area contributed by atoms with Gasteiger partial charge in [-0.25, -0.2) is 0 Å². The number of nitrogens with one attached hydrogen (secondary N) is 1. The average Bonchev–Trinajstić information content (AvgIpc) is 2.43. The van der Waals surface area contributed by atoms with E-state index in [0.29, 0.717) is 12.6 Å². The highest BCUT2D eigenvalue weighted by Gasteiger charge is 2.29. The highest BCUT2D eigenvalue weighted by atomic mass is 16.2. The van der Waals surface area contributed by atoms with Crippen molar-refractivity contribution in [2.45, 2.75) is 39.3 Å². The Labute approximate surface area is 120 Å². The molecule has 0 spiro atoms. The Morgan fingerprint density at radius 2 is 2.05 bits per heavy atom. The van der Waals surface area contributed by atoms with E-state index < -0.39 is 11.7 Å². The number of ketones is 1. The number of carbonyl (C=O) groups excluding carboxylic acids is 2. The molecule has 20 heavy (non-hydrogen) atoms. The standard InChI is InChI=1S/C16H22N2O2/c1-11(2)18-9-8-13-6-4-5-7-14(13)15(18)10-17-16(20)12(3)19/h4-7,11,15H,8-10H2,1-3H3,(H,17,20). The van der Waals surface area contributed by atoms with Gasteiger partial charge in [-0.05, 0) is 31.4 Å². The minimum atomic E-state index is -0.503. The van der Waals surface area contributed by atoms with Gasteiger partial charge in [-0.3, -0.25) is 14.5 Å². The molecule has 2 rings (SSSR count). The third kappa shape index (κ3) is 3.07. The summed E-state index contributed by atoms with van der Waals surface area (Å²) in [5.74, 6) is -0.943. The lowest BCUT2D eigenvalue weighted by atomic mass is 9.91. The Kier molecular flexibility index (Phi) is 4.55. The van der Waals surface area contributed by atoms with Crippen molar-refractivity contribution in [1.29, 1.82) is 0 Å². The maximum absolute atomic E-state index is 11.5. The van der Waals surface area contributed by atoms with Gasteiger partial charge in [0.2, 0.25) is 5.78 Å². The van der Waals surface area contributed by atoms with E-state index >= 15 is 0 Å². The first-order valence-corrected chi connectivity index (χ1v) is 7.13. The molecule has 4 nitrogen and oxygen atoms in total. The zero-order chi connectivity index (χ0) is 14.7. The topological polar surface area (TPSA) is 49.4 Å². The van der Waals surface area contributed by atoms with E-state index in [1.165, 1.54) is 18.1 Å². The smallest absolute Gasteiger partial charge is 0.287 e. The first-order valence-electron chi connectivity index (χ1n) is 7.13. The molecule has 1 aromatic rings. The number of amides is 1. The van der Waals surface area contributed by atoms with Crippen molar-refractivity contribution in [3.63, 3.8) is 0 Å². The number of rotatable bonds is 4. The molecular formula is C16H22N2O2. The van der Waals surface area contributed by atoms with Crippen LogP contribution in [-0.2, 0) is 16.0 Å². The lowest BCUT2D eigenvalue weighted by molar-refractivity contribution is -0.136. The number of hydrogen-bond acceptors (Lipinski definition) is 3. The van der Waals surface area contributed by atoms with Gasteiger partial charge in [0.1, 0.15) is 0 Å². The molecule has 1 aliphatic rings. The minimum Gasteiger partial charge on any atom is -0.348 e. The number of benzene rings is 1. The third-order valence-electron chi connectivity index (χ3n) is 3.89. The molecule has 0 radical (unpaired) electrons. The minimum absolute atomic E-state index is 0.142. The summed E-state index contributed by atoms with van der Waals surface area (Å²) in [6, 6.07) is 8.89. The normalized spacial score (nSPS) is 18.7. The molecule has 1 unspecified atom stereocenters. The van der Waals surface area contributed by atoms with Crippen molar-refractivity contribution in [3.8, 4) is 0 Å². The third-order valence-corrected chi connectivity index (χ3v) is 3.89. The molecular weight excluding hydrogens is 252 g/mol. The van der Waals surface area contributed by atoms with Crippen LogP contribution < -0.4 is 5.32 Å². The van der Waals surface area contributed by atoms with Gasteiger partial charge in [0.05, 0.1) is 6.04 Å². The predicted molar refractivity (Wildman–Crippen MR) is 78.4 cm³/mol. The van der Waals surface area contributed by atoms with Gasteiger partial charge < -0.3 is 5.32 Å². The molecule has 1 atom stereocenters. The number of hydrogen-bond donors (Lipinski definition) is 1. The van der Waals surface area contributed by atoms with E-state index in [0.717, 1.165) is 13.0 Å². The summed E-state index contributed by atoms with van der Waals surface area (Å²) in [7, 11) is 0. The van der Waals surface area contributed by atoms with Gasteiger partial charge in [0.25, 0.3) is 5.91 Å². The quantitative estimate of drug-likeness (QED) is 0.850. The Bertz CT molecular complexity index is 511. The molecule has 1 aliphatic heterocycles. The summed E-state index contributed by atoms with van der Waals surface area (Å²) >= 11 is 0. The molecule has 1 heterocycles. The van der Waals surface area contributed by atoms with E-state index in [1.54, 1.807) is 0 Å². The summed E-state index contributed by atoms with van der Waals surface area (Å²) < 4.78 is 0. The van der Waals surface area contributed by atoms with Crippen LogP contribution in [0.5, 0.6) is 0 Å². The van der Waals surface area contributed by atoms with Crippen molar-refractivity contribution in [1.82, 2.24) is 10.2 Å². The van der Waals surface area contributed by atoms with Crippen LogP contribution in [0.1, 0.15) is 37.9 Å². The van der Waals surface area contributed by atoms with Crippen LogP contribution in [0.15, 0.2) is 24.3 Å². The van der Waals surface area contributed by atoms with Crippen LogP contribution in [-0.4, -0.2) is 35.7 Å². The SMILES string of the molecule is CC(=O)C(=O)NCC1c2ccccc2CCN1C(C)C. The van der Waals surface area contributed by atoms with E-state index in [2.05, 4.69) is 42.3 Å². The Hall–Kier alpha value is -1.68. The number of fused-ring (bicyclic) bond motifs is 1. The molecule has 4 heteroatoms. The second kappa shape index (κ2) is 6.18. The first-order chi connectivity index (χ1) is 9.50. The molecule has 0 aromatic heterocycles. The van der Waals surface area contributed by atoms with Gasteiger partial charge in [0, 0.05) is 26.1 Å². The van der Waals surface area contributed by atoms with Crippen LogP contribution >= 0.6 is 0 Å². The van der Waals surface area contributed by atoms with Crippen LogP contribution in [0, 0.1) is 0 Å². The maximum Gasteiger partial charge on any atom is 0.287 e. The fraction of sp³-hybridized carbons (Fsp3) is 0.500. The zero-order valence-electron chi connectivity index (χ0n) is 12.3. The van der Waals surface area contributed by atoms with Crippen molar-refractivity contribution >= 4 is 11.7 Å². The summed E-state index contributed by atoms with van der Waals surface area (Å²) in [5, 5.41) is 2.75. The average molecular weight is 274 g/mol. The molecule has 0 saturated heterocycles. The van der Waals surface area contributed by atoms with Gasteiger partial charge >= 0.3 is 0 Å². The van der Waals surface area contributed by atoms with Gasteiger partial charge in [-0.15, -0.1) is 0 Å². The molecule has 0 fully saturated rings. The number of Topliss-reactive ketones (excluding diaryl/α,β-unsaturated/α-hetero) is 1. The Morgan fingerprint density at radius 3 is 2.70 bits per heavy atom. The second-order valence-electron chi connectivity index (χ2n) is 5.56. The van der Waals surface area contributed by atoms with Gasteiger partial charge in [0.15, 0.2) is 0 Å². The van der Waals surface area contributed by atoms with Crippen LogP contribution in [0.2, 0.25) is 0 Å². The van der Waals surface area contributed by atoms with Crippen LogP contribution in [0.3, 0.4) is 0 Å². The highest BCUT2D eigenvalue weighted by molar-refractivity contribution is 6.35. The molecule has 1 N–H and O–H groups in total. The van der Waals surface area contributed by atoms with Crippen molar-refractivity contribution in [2.75, 3.05) is 13.1 Å². The lowest BCUT2D eigenvalue weighted by Crippen LogP contribution is -2.46. The highest BCUT2D eigenvalue weighted by Crippen LogP contribution is 2.30. The van der Waals surface area contributed by atoms with Gasteiger partial charge in [-0.2, -0.15) is 0 Å². The first kappa shape index (κ1) is 14.7. The number of nitrogens with zero attached hydrogens (tertiary/aromatic N) is 1. The van der Waals surface area contributed by atoms with E-state index in [9.17, 15) is 9.59 Å². The molecule has 0 saturated carbocycles. The predicted octanol–water partition coefficient (Wildman–Crippen LogP) is 1.70. The Balaban J connectivity index is 2.20. The number of carbonyl (C=O) groups is 2. The molecule has 108 valence electrons. The van der Waals surface area contributed by atoms with Crippen molar-refractivity contribution in [2.24, 2.45) is 0 Å². The largest absolute Gasteiger partial charge is 0.348 e. The van der Waals surface area contributed by atoms with E-state index in [4.69, 9.17) is 0 Å². The van der Waals surface area contributed by atoms with Crippen molar-refractivity contribution < 1.29 is 9.59 Å². The Morgan fingerprint density at radius 1 is 1.35 bits per heavy atom. The fourth-order valence-electron chi connectivity index (χ4n) is 2.83. The second-order valence-corrected chi connectivity index (χ2v) is 5.56. The summed E-state index contributed by atoms with van der Waals surface area (Å²) in [6.07, 6.45) is 1.03. The van der Waals surface area contributed by atoms with Crippen LogP contribution in [0.4, 0.5) is 0 Å². The summed E-state index contributed by atoms with van der Waals surface area (Å²) in [6.45, 7) is 7.08. The zero-order valence-corrected chi connectivity index (χ0v) is 12.3. The monoisotopic (exact) mass is 274 g/mol. The summed E-state index contributed by atoms with van der Waals surface area (Å²) in [4.78, 5) is 24.9. The molecule has 0 aliphatic carbocycles. The van der Waals surface area contributed by atoms with E-state index in [-0.39, 0.29) is 6.04 Å². The summed E-state index contributed by atoms with van der Waals surface area (Å²) in [5.41, 5.74) is 2.60. The van der Waals surface area contributed by atoms with Crippen LogP contribution in [0.25, 0.3) is 0 Å². The maximum atomic E-state index is 11.5. The fourth-order valence-corrected chi connectivity index (χ4v) is 2.83.